The molecule has 2 N–H and O–H groups in total. The van der Waals surface area contributed by atoms with Gasteiger partial charge in [-0.2, -0.15) is 0 Å². The molecule has 0 aromatic heterocycles. The molecule has 0 aliphatic carbocycles. The van der Waals surface area contributed by atoms with E-state index in [1.54, 1.807) is 0 Å². The predicted molar refractivity (Wildman–Crippen MR) is 109 cm³/mol. The second-order valence-corrected chi connectivity index (χ2v) is 7.40. The highest BCUT2D eigenvalue weighted by molar-refractivity contribution is 5.84. The Labute approximate surface area is 159 Å². The highest BCUT2D eigenvalue weighted by Crippen LogP contribution is 2.15. The van der Waals surface area contributed by atoms with Crippen molar-refractivity contribution < 1.29 is 9.53 Å². The van der Waals surface area contributed by atoms with Gasteiger partial charge in [0, 0.05) is 5.69 Å². The van der Waals surface area contributed by atoms with Crippen LogP contribution in [0, 0.1) is 0 Å². The van der Waals surface area contributed by atoms with Gasteiger partial charge in [-0.25, -0.2) is 4.79 Å². The summed E-state index contributed by atoms with van der Waals surface area (Å²) in [5, 5.41) is 6.10. The summed E-state index contributed by atoms with van der Waals surface area (Å²) in [6, 6.07) is 8.18. The van der Waals surface area contributed by atoms with Crippen LogP contribution in [0.1, 0.15) is 76.7 Å². The summed E-state index contributed by atoms with van der Waals surface area (Å²) in [6.07, 6.45) is 13.4. The maximum atomic E-state index is 12.0. The molecular weight excluding hydrogens is 324 g/mol. The highest BCUT2D eigenvalue weighted by atomic mass is 16.6. The number of carbonyl (C=O) groups is 1. The van der Waals surface area contributed by atoms with Crippen LogP contribution in [0.3, 0.4) is 0 Å². The molecular formula is C22H36N2O2. The van der Waals surface area contributed by atoms with E-state index in [0.717, 1.165) is 38.0 Å². The summed E-state index contributed by atoms with van der Waals surface area (Å²) < 4.78 is 5.46. The van der Waals surface area contributed by atoms with Crippen molar-refractivity contribution in [2.75, 3.05) is 18.4 Å². The lowest BCUT2D eigenvalue weighted by molar-refractivity contribution is 0.0909. The molecule has 1 amide bonds. The topological polar surface area (TPSA) is 50.4 Å². The van der Waals surface area contributed by atoms with Crippen LogP contribution < -0.4 is 10.6 Å². The van der Waals surface area contributed by atoms with Crippen molar-refractivity contribution in [3.8, 4) is 0 Å². The maximum absolute atomic E-state index is 12.0. The normalized spacial score (nSPS) is 15.0. The standard InChI is InChI=1S/C22H36N2O2/c1-2-3-4-5-6-7-8-9-10-19-11-13-20(14-12-19)24-22(25)26-21-15-17-23-18-16-21/h11-14,21,23H,2-10,15-18H2,1H3,(H,24,25). The minimum atomic E-state index is -0.340. The zero-order valence-corrected chi connectivity index (χ0v) is 16.4. The Balaban J connectivity index is 1.57. The summed E-state index contributed by atoms with van der Waals surface area (Å²) in [6.45, 7) is 4.11. The van der Waals surface area contributed by atoms with Crippen molar-refractivity contribution in [2.45, 2.75) is 83.7 Å². The van der Waals surface area contributed by atoms with Crippen LogP contribution >= 0.6 is 0 Å². The third-order valence-corrected chi connectivity index (χ3v) is 5.08. The van der Waals surface area contributed by atoms with Gasteiger partial charge in [0.2, 0.25) is 0 Å². The minimum Gasteiger partial charge on any atom is -0.446 e. The van der Waals surface area contributed by atoms with E-state index >= 15 is 0 Å². The molecule has 26 heavy (non-hydrogen) atoms. The van der Waals surface area contributed by atoms with Gasteiger partial charge >= 0.3 is 6.09 Å². The maximum Gasteiger partial charge on any atom is 0.411 e. The number of amides is 1. The van der Waals surface area contributed by atoms with E-state index in [9.17, 15) is 4.79 Å². The third-order valence-electron chi connectivity index (χ3n) is 5.08. The molecule has 1 aromatic rings. The number of anilines is 1. The van der Waals surface area contributed by atoms with Crippen molar-refractivity contribution in [2.24, 2.45) is 0 Å². The number of piperidine rings is 1. The SMILES string of the molecule is CCCCCCCCCCc1ccc(NC(=O)OC2CCNCC2)cc1. The minimum absolute atomic E-state index is 0.0393. The molecule has 1 aliphatic rings. The van der Waals surface area contributed by atoms with Crippen LogP contribution in [-0.4, -0.2) is 25.3 Å². The number of unbranched alkanes of at least 4 members (excludes halogenated alkanes) is 7. The molecule has 1 aliphatic heterocycles. The summed E-state index contributed by atoms with van der Waals surface area (Å²) in [7, 11) is 0. The number of hydrogen-bond acceptors (Lipinski definition) is 3. The van der Waals surface area contributed by atoms with E-state index in [2.05, 4.69) is 29.7 Å². The molecule has 0 unspecified atom stereocenters. The number of ether oxygens (including phenoxy) is 1. The first-order chi connectivity index (χ1) is 12.8. The Bertz CT molecular complexity index is 495. The first-order valence-corrected chi connectivity index (χ1v) is 10.5. The average Bonchev–Trinajstić information content (AvgIpc) is 2.66. The quantitative estimate of drug-likeness (QED) is 0.500. The lowest BCUT2D eigenvalue weighted by Gasteiger charge is -2.22. The zero-order chi connectivity index (χ0) is 18.5. The smallest absolute Gasteiger partial charge is 0.411 e. The summed E-state index contributed by atoms with van der Waals surface area (Å²) >= 11 is 0. The fraction of sp³-hybridized carbons (Fsp3) is 0.682. The molecule has 1 aromatic carbocycles. The monoisotopic (exact) mass is 360 g/mol. The summed E-state index contributed by atoms with van der Waals surface area (Å²) in [5.41, 5.74) is 2.15. The number of nitrogens with one attached hydrogen (secondary N) is 2. The Morgan fingerprint density at radius 3 is 2.27 bits per heavy atom. The van der Waals surface area contributed by atoms with Crippen molar-refractivity contribution in [1.29, 1.82) is 0 Å². The molecule has 1 heterocycles. The van der Waals surface area contributed by atoms with Crippen LogP contribution in [-0.2, 0) is 11.2 Å². The van der Waals surface area contributed by atoms with E-state index in [1.807, 2.05) is 12.1 Å². The Kier molecular flexibility index (Phi) is 10.2. The van der Waals surface area contributed by atoms with Gasteiger partial charge in [-0.1, -0.05) is 64.0 Å². The van der Waals surface area contributed by atoms with Gasteiger partial charge in [-0.15, -0.1) is 0 Å². The van der Waals surface area contributed by atoms with Gasteiger partial charge in [-0.3, -0.25) is 5.32 Å². The van der Waals surface area contributed by atoms with Crippen molar-refractivity contribution >= 4 is 11.8 Å². The van der Waals surface area contributed by atoms with Gasteiger partial charge in [0.15, 0.2) is 0 Å². The molecule has 0 bridgehead atoms. The fourth-order valence-electron chi connectivity index (χ4n) is 3.43. The number of aryl methyl sites for hydroxylation is 1. The van der Waals surface area contributed by atoms with Gasteiger partial charge in [-0.05, 0) is 56.5 Å². The Morgan fingerprint density at radius 2 is 1.62 bits per heavy atom. The molecule has 1 fully saturated rings. The number of rotatable bonds is 11. The largest absolute Gasteiger partial charge is 0.446 e. The van der Waals surface area contributed by atoms with Crippen LogP contribution in [0.25, 0.3) is 0 Å². The number of carbonyl (C=O) groups excluding carboxylic acids is 1. The molecule has 1 saturated heterocycles. The molecule has 4 heteroatoms. The number of hydrogen-bond donors (Lipinski definition) is 2. The third kappa shape index (κ3) is 8.70. The zero-order valence-electron chi connectivity index (χ0n) is 16.4. The molecule has 0 atom stereocenters. The van der Waals surface area contributed by atoms with E-state index in [1.165, 1.54) is 56.9 Å². The van der Waals surface area contributed by atoms with E-state index in [-0.39, 0.29) is 12.2 Å². The van der Waals surface area contributed by atoms with E-state index in [4.69, 9.17) is 4.74 Å². The van der Waals surface area contributed by atoms with Crippen LogP contribution in [0.2, 0.25) is 0 Å². The van der Waals surface area contributed by atoms with Gasteiger partial charge < -0.3 is 10.1 Å². The molecule has 4 nitrogen and oxygen atoms in total. The second-order valence-electron chi connectivity index (χ2n) is 7.40. The first-order valence-electron chi connectivity index (χ1n) is 10.5. The van der Waals surface area contributed by atoms with Crippen molar-refractivity contribution in [1.82, 2.24) is 5.32 Å². The van der Waals surface area contributed by atoms with Crippen molar-refractivity contribution in [3.05, 3.63) is 29.8 Å². The van der Waals surface area contributed by atoms with E-state index in [0.29, 0.717) is 0 Å². The molecule has 146 valence electrons. The lowest BCUT2D eigenvalue weighted by atomic mass is 10.0. The van der Waals surface area contributed by atoms with Crippen molar-refractivity contribution in [3.63, 3.8) is 0 Å². The van der Waals surface area contributed by atoms with E-state index < -0.39 is 0 Å². The van der Waals surface area contributed by atoms with Crippen LogP contribution in [0.4, 0.5) is 10.5 Å². The lowest BCUT2D eigenvalue weighted by Crippen LogP contribution is -2.34. The van der Waals surface area contributed by atoms with Gasteiger partial charge in [0.1, 0.15) is 6.10 Å². The first kappa shape index (κ1) is 20.8. The molecule has 0 saturated carbocycles. The summed E-state index contributed by atoms with van der Waals surface area (Å²) in [5.74, 6) is 0. The van der Waals surface area contributed by atoms with Gasteiger partial charge in [0.05, 0.1) is 0 Å². The Morgan fingerprint density at radius 1 is 1.00 bits per heavy atom. The van der Waals surface area contributed by atoms with Crippen LogP contribution in [0.15, 0.2) is 24.3 Å². The average molecular weight is 361 g/mol. The molecule has 0 radical (unpaired) electrons. The molecule has 2 rings (SSSR count). The van der Waals surface area contributed by atoms with Crippen LogP contribution in [0.5, 0.6) is 0 Å². The second kappa shape index (κ2) is 12.7. The van der Waals surface area contributed by atoms with Gasteiger partial charge in [0.25, 0.3) is 0 Å². The predicted octanol–water partition coefficient (Wildman–Crippen LogP) is 5.67. The highest BCUT2D eigenvalue weighted by Gasteiger charge is 2.17. The fourth-order valence-corrected chi connectivity index (χ4v) is 3.43. The Hall–Kier alpha value is -1.55. The summed E-state index contributed by atoms with van der Waals surface area (Å²) in [4.78, 5) is 12.0. The molecule has 0 spiro atoms. The number of benzene rings is 1.